The lowest BCUT2D eigenvalue weighted by molar-refractivity contribution is -0.695. The van der Waals surface area contributed by atoms with Gasteiger partial charge in [0, 0.05) is 30.7 Å². The van der Waals surface area contributed by atoms with Crippen molar-refractivity contribution in [1.82, 2.24) is 9.88 Å². The second-order valence-electron chi connectivity index (χ2n) is 7.41. The molecule has 32 heavy (non-hydrogen) atoms. The van der Waals surface area contributed by atoms with Gasteiger partial charge in [0.25, 0.3) is 17.4 Å². The van der Waals surface area contributed by atoms with E-state index in [2.05, 4.69) is 4.98 Å². The molecule has 0 radical (unpaired) electrons. The molecule has 1 amide bonds. The number of nitro benzene ring substituents is 1. The Labute approximate surface area is 183 Å². The monoisotopic (exact) mass is 433 g/mol. The van der Waals surface area contributed by atoms with Gasteiger partial charge in [0.05, 0.1) is 23.1 Å². The van der Waals surface area contributed by atoms with E-state index in [0.29, 0.717) is 24.1 Å². The normalized spacial score (nSPS) is 17.6. The van der Waals surface area contributed by atoms with Gasteiger partial charge in [-0.2, -0.15) is 0 Å². The number of rotatable bonds is 7. The first-order valence-corrected chi connectivity index (χ1v) is 10.1. The van der Waals surface area contributed by atoms with Crippen molar-refractivity contribution in [3.05, 3.63) is 100 Å². The number of imidazole rings is 1. The number of benzene rings is 2. The zero-order valence-electron chi connectivity index (χ0n) is 17.0. The molecule has 0 bridgehead atoms. The molecule has 162 valence electrons. The predicted molar refractivity (Wildman–Crippen MR) is 114 cm³/mol. The SMILES string of the molecule is O=C1C(=O)N(CCC[n+]2cc[nH]c2)C(c2cccc([N+](=O)[O-])c2)/C1=C(\O)c1ccccc1. The van der Waals surface area contributed by atoms with Crippen LogP contribution >= 0.6 is 0 Å². The minimum atomic E-state index is -0.925. The number of aliphatic hydroxyl groups is 1. The summed E-state index contributed by atoms with van der Waals surface area (Å²) in [6.07, 6.45) is 5.95. The van der Waals surface area contributed by atoms with Crippen LogP contribution in [0.2, 0.25) is 0 Å². The maximum absolute atomic E-state index is 13.0. The molecule has 3 aromatic rings. The number of H-pyrrole nitrogens is 1. The van der Waals surface area contributed by atoms with E-state index in [0.717, 1.165) is 0 Å². The average Bonchev–Trinajstić information content (AvgIpc) is 3.41. The Morgan fingerprint density at radius 2 is 1.94 bits per heavy atom. The highest BCUT2D eigenvalue weighted by atomic mass is 16.6. The number of hydrogen-bond acceptors (Lipinski definition) is 5. The zero-order chi connectivity index (χ0) is 22.7. The minimum Gasteiger partial charge on any atom is -0.507 e. The van der Waals surface area contributed by atoms with Gasteiger partial charge < -0.3 is 10.0 Å². The van der Waals surface area contributed by atoms with Gasteiger partial charge >= 0.3 is 0 Å². The molecule has 2 heterocycles. The van der Waals surface area contributed by atoms with Crippen LogP contribution in [0.4, 0.5) is 5.69 Å². The van der Waals surface area contributed by atoms with Gasteiger partial charge in [-0.05, 0) is 5.56 Å². The van der Waals surface area contributed by atoms with Crippen LogP contribution in [-0.2, 0) is 16.1 Å². The van der Waals surface area contributed by atoms with Crippen molar-refractivity contribution in [3.8, 4) is 0 Å². The lowest BCUT2D eigenvalue weighted by atomic mass is 9.95. The largest absolute Gasteiger partial charge is 0.507 e. The molecule has 0 saturated carbocycles. The minimum absolute atomic E-state index is 0.0732. The molecule has 1 unspecified atom stereocenters. The van der Waals surface area contributed by atoms with Crippen LogP contribution in [0, 0.1) is 10.1 Å². The van der Waals surface area contributed by atoms with Crippen LogP contribution in [0.15, 0.2) is 78.9 Å². The first kappa shape index (κ1) is 21.0. The highest BCUT2D eigenvalue weighted by molar-refractivity contribution is 6.46. The summed E-state index contributed by atoms with van der Waals surface area (Å²) in [5, 5.41) is 22.3. The van der Waals surface area contributed by atoms with Crippen molar-refractivity contribution in [1.29, 1.82) is 0 Å². The van der Waals surface area contributed by atoms with Crippen LogP contribution in [0.25, 0.3) is 5.76 Å². The summed E-state index contributed by atoms with van der Waals surface area (Å²) in [6.45, 7) is 0.842. The highest BCUT2D eigenvalue weighted by Gasteiger charge is 2.46. The summed E-state index contributed by atoms with van der Waals surface area (Å²) in [7, 11) is 0. The fraction of sp³-hybridized carbons (Fsp3) is 0.174. The number of aliphatic hydroxyl groups excluding tert-OH is 1. The van der Waals surface area contributed by atoms with E-state index in [1.54, 1.807) is 48.9 Å². The number of likely N-dealkylation sites (tertiary alicyclic amines) is 1. The number of nitrogens with zero attached hydrogens (tertiary/aromatic N) is 3. The average molecular weight is 433 g/mol. The quantitative estimate of drug-likeness (QED) is 0.148. The van der Waals surface area contributed by atoms with E-state index in [1.807, 2.05) is 10.8 Å². The number of carbonyl (C=O) groups excluding carboxylic acids is 2. The molecule has 1 fully saturated rings. The molecule has 9 nitrogen and oxygen atoms in total. The van der Waals surface area contributed by atoms with Crippen molar-refractivity contribution in [3.63, 3.8) is 0 Å². The number of carbonyl (C=O) groups is 2. The van der Waals surface area contributed by atoms with Crippen molar-refractivity contribution >= 4 is 23.1 Å². The Morgan fingerprint density at radius 3 is 2.62 bits per heavy atom. The zero-order valence-corrected chi connectivity index (χ0v) is 17.0. The molecular formula is C23H21N4O5+. The van der Waals surface area contributed by atoms with Crippen molar-refractivity contribution in [2.24, 2.45) is 0 Å². The number of Topliss-reactive ketones (excluding diaryl/α,β-unsaturated/α-hetero) is 1. The summed E-state index contributed by atoms with van der Waals surface area (Å²) in [5.41, 5.74) is 0.556. The number of ketones is 1. The Hall–Kier alpha value is -4.27. The lowest BCUT2D eigenvalue weighted by Crippen LogP contribution is -2.36. The number of aromatic amines is 1. The molecule has 1 aliphatic rings. The summed E-state index contributed by atoms with van der Waals surface area (Å²) in [6, 6.07) is 13.3. The van der Waals surface area contributed by atoms with Crippen LogP contribution in [-0.4, -0.2) is 38.1 Å². The van der Waals surface area contributed by atoms with Gasteiger partial charge in [-0.1, -0.05) is 42.5 Å². The van der Waals surface area contributed by atoms with E-state index < -0.39 is 22.7 Å². The Kier molecular flexibility index (Phi) is 5.80. The standard InChI is InChI=1S/C23H20N4O5/c28-21(16-6-2-1-3-7-16)19-20(17-8-4-9-18(14-17)27(31)32)26(23(30)22(19)29)12-5-11-25-13-10-24-15-25/h1-4,6-10,13-15,20H,5,11-12H2,(H,28,29)/p+1. The van der Waals surface area contributed by atoms with Crippen molar-refractivity contribution < 1.29 is 24.2 Å². The molecule has 1 saturated heterocycles. The molecule has 2 N–H and O–H groups in total. The van der Waals surface area contributed by atoms with Gasteiger partial charge in [-0.3, -0.25) is 24.7 Å². The van der Waals surface area contributed by atoms with E-state index in [4.69, 9.17) is 0 Å². The smallest absolute Gasteiger partial charge is 0.295 e. The fourth-order valence-electron chi connectivity index (χ4n) is 3.90. The van der Waals surface area contributed by atoms with Crippen molar-refractivity contribution in [2.75, 3.05) is 6.54 Å². The van der Waals surface area contributed by atoms with E-state index in [9.17, 15) is 24.8 Å². The Bertz CT molecular complexity index is 1190. The Balaban J connectivity index is 1.76. The van der Waals surface area contributed by atoms with Gasteiger partial charge in [-0.15, -0.1) is 0 Å². The molecular weight excluding hydrogens is 412 g/mol. The fourth-order valence-corrected chi connectivity index (χ4v) is 3.90. The lowest BCUT2D eigenvalue weighted by Gasteiger charge is -2.25. The topological polar surface area (TPSA) is 120 Å². The highest BCUT2D eigenvalue weighted by Crippen LogP contribution is 2.40. The predicted octanol–water partition coefficient (Wildman–Crippen LogP) is 2.72. The summed E-state index contributed by atoms with van der Waals surface area (Å²) >= 11 is 0. The van der Waals surface area contributed by atoms with Crippen LogP contribution < -0.4 is 4.57 Å². The third-order valence-electron chi connectivity index (χ3n) is 5.40. The second kappa shape index (κ2) is 8.84. The van der Waals surface area contributed by atoms with Crippen LogP contribution in [0.5, 0.6) is 0 Å². The second-order valence-corrected chi connectivity index (χ2v) is 7.41. The molecule has 4 rings (SSSR count). The first-order chi connectivity index (χ1) is 15.5. The number of amides is 1. The molecule has 0 aliphatic carbocycles. The van der Waals surface area contributed by atoms with E-state index >= 15 is 0 Å². The molecule has 2 aromatic carbocycles. The van der Waals surface area contributed by atoms with E-state index in [1.165, 1.54) is 23.1 Å². The number of nitro groups is 1. The molecule has 1 aromatic heterocycles. The van der Waals surface area contributed by atoms with Gasteiger partial charge in [0.2, 0.25) is 6.33 Å². The molecule has 9 heteroatoms. The molecule has 1 aliphatic heterocycles. The van der Waals surface area contributed by atoms with Crippen LogP contribution in [0.3, 0.4) is 0 Å². The van der Waals surface area contributed by atoms with Crippen molar-refractivity contribution in [2.45, 2.75) is 19.0 Å². The number of hydrogen-bond donors (Lipinski definition) is 2. The summed E-state index contributed by atoms with van der Waals surface area (Å²) in [5.74, 6) is -1.85. The summed E-state index contributed by atoms with van der Waals surface area (Å²) in [4.78, 5) is 41.0. The maximum Gasteiger partial charge on any atom is 0.295 e. The van der Waals surface area contributed by atoms with Crippen LogP contribution in [0.1, 0.15) is 23.6 Å². The van der Waals surface area contributed by atoms with Gasteiger partial charge in [0.15, 0.2) is 0 Å². The number of non-ortho nitro benzene ring substituents is 1. The summed E-state index contributed by atoms with van der Waals surface area (Å²) < 4.78 is 1.91. The van der Waals surface area contributed by atoms with Gasteiger partial charge in [-0.25, -0.2) is 4.57 Å². The van der Waals surface area contributed by atoms with E-state index in [-0.39, 0.29) is 23.6 Å². The number of aryl methyl sites for hydroxylation is 1. The molecule has 0 spiro atoms. The number of aromatic nitrogens is 2. The third-order valence-corrected chi connectivity index (χ3v) is 5.40. The third kappa shape index (κ3) is 4.00. The Morgan fingerprint density at radius 1 is 1.16 bits per heavy atom. The van der Waals surface area contributed by atoms with Gasteiger partial charge in [0.1, 0.15) is 18.2 Å². The molecule has 1 atom stereocenters. The maximum atomic E-state index is 13.0. The number of nitrogens with one attached hydrogen (secondary N) is 1. The first-order valence-electron chi connectivity index (χ1n) is 10.1.